The number of nitrogens with one attached hydrogen (secondary N) is 2. The fraction of sp³-hybridized carbons (Fsp3) is 0. The zero-order valence-electron chi connectivity index (χ0n) is 7.77. The third kappa shape index (κ3) is 2.26. The summed E-state index contributed by atoms with van der Waals surface area (Å²) in [6.45, 7) is 0. The maximum Gasteiger partial charge on any atom is 0.203 e. The molecule has 0 fully saturated rings. The molecule has 14 heavy (non-hydrogen) atoms. The number of pyridine rings is 2. The molecule has 0 unspecified atom stereocenters. The summed E-state index contributed by atoms with van der Waals surface area (Å²) in [5.74, 6) is 0. The van der Waals surface area contributed by atoms with E-state index in [1.807, 2.05) is 60.9 Å². The van der Waals surface area contributed by atoms with Gasteiger partial charge in [-0.15, -0.1) is 0 Å². The predicted molar refractivity (Wildman–Crippen MR) is 54.9 cm³/mol. The number of aromatic nitrogens is 2. The zero-order valence-corrected chi connectivity index (χ0v) is 7.77. The van der Waals surface area contributed by atoms with Crippen LogP contribution in [-0.4, -0.2) is 0 Å². The number of rotatable bonds is 2. The Morgan fingerprint density at radius 3 is 1.57 bits per heavy atom. The summed E-state index contributed by atoms with van der Waals surface area (Å²) in [6, 6.07) is 12.0. The third-order valence-electron chi connectivity index (χ3n) is 1.91. The van der Waals surface area contributed by atoms with E-state index in [1.54, 1.807) is 0 Å². The van der Waals surface area contributed by atoms with Gasteiger partial charge in [-0.1, -0.05) is 0 Å². The molecule has 0 aliphatic carbocycles. The monoisotopic (exact) mass is 184 g/mol. The van der Waals surface area contributed by atoms with Crippen LogP contribution in [0, 0.1) is 0 Å². The topological polar surface area (TPSA) is 28.3 Å². The maximum absolute atomic E-state index is 3.14. The van der Waals surface area contributed by atoms with Gasteiger partial charge in [-0.25, -0.2) is 9.97 Å². The lowest BCUT2D eigenvalue weighted by Crippen LogP contribution is -2.06. The van der Waals surface area contributed by atoms with Crippen molar-refractivity contribution in [1.82, 2.24) is 0 Å². The van der Waals surface area contributed by atoms with E-state index in [2.05, 4.69) is 9.97 Å². The van der Waals surface area contributed by atoms with Gasteiger partial charge in [0, 0.05) is 36.4 Å². The highest BCUT2D eigenvalue weighted by molar-refractivity contribution is 5.63. The van der Waals surface area contributed by atoms with Crippen LogP contribution in [0.4, 0.5) is 0 Å². The maximum atomic E-state index is 3.14. The van der Waals surface area contributed by atoms with Crippen molar-refractivity contribution in [1.29, 1.82) is 0 Å². The van der Waals surface area contributed by atoms with Crippen molar-refractivity contribution in [3.8, 4) is 0 Å². The van der Waals surface area contributed by atoms with Gasteiger partial charge in [0.05, 0.1) is 0 Å². The molecule has 2 heterocycles. The molecule has 0 radical (unpaired) electrons. The van der Waals surface area contributed by atoms with Crippen molar-refractivity contribution in [2.24, 2.45) is 0 Å². The summed E-state index contributed by atoms with van der Waals surface area (Å²) in [4.78, 5) is 6.28. The highest BCUT2D eigenvalue weighted by atomic mass is 14.7. The number of H-pyrrole nitrogens is 2. The molecule has 0 aliphatic heterocycles. The first-order valence-corrected chi connectivity index (χ1v) is 4.57. The number of aromatic amines is 2. The molecule has 2 aromatic heterocycles. The lowest BCUT2D eigenvalue weighted by Gasteiger charge is -1.83. The summed E-state index contributed by atoms with van der Waals surface area (Å²) in [7, 11) is 0. The quantitative estimate of drug-likeness (QED) is 0.676. The fourth-order valence-corrected chi connectivity index (χ4v) is 1.20. The van der Waals surface area contributed by atoms with Gasteiger partial charge in [-0.05, 0) is 12.1 Å². The third-order valence-corrected chi connectivity index (χ3v) is 1.91. The van der Waals surface area contributed by atoms with E-state index in [0.29, 0.717) is 0 Å². The summed E-state index contributed by atoms with van der Waals surface area (Å²) in [5.41, 5.74) is 2.18. The first kappa shape index (κ1) is 8.63. The second kappa shape index (κ2) is 4.33. The zero-order chi connectivity index (χ0) is 9.64. The van der Waals surface area contributed by atoms with E-state index in [4.69, 9.17) is 0 Å². The van der Waals surface area contributed by atoms with E-state index in [0.717, 1.165) is 11.4 Å². The number of hydrogen-bond acceptors (Lipinski definition) is 0. The van der Waals surface area contributed by atoms with Gasteiger partial charge in [0.1, 0.15) is 0 Å². The summed E-state index contributed by atoms with van der Waals surface area (Å²) in [5, 5.41) is 0. The first-order valence-electron chi connectivity index (χ1n) is 4.57. The van der Waals surface area contributed by atoms with Gasteiger partial charge in [0.2, 0.25) is 11.4 Å². The van der Waals surface area contributed by atoms with Crippen LogP contribution >= 0.6 is 0 Å². The molecular formula is C12H12N2+2. The average Bonchev–Trinajstić information content (AvgIpc) is 2.29. The average molecular weight is 184 g/mol. The molecule has 0 amide bonds. The Bertz CT molecular complexity index is 365. The Balaban J connectivity index is 2.16. The van der Waals surface area contributed by atoms with Gasteiger partial charge in [-0.3, -0.25) is 0 Å². The van der Waals surface area contributed by atoms with Crippen molar-refractivity contribution in [2.45, 2.75) is 0 Å². The second-order valence-electron chi connectivity index (χ2n) is 2.97. The minimum atomic E-state index is 1.09. The predicted octanol–water partition coefficient (Wildman–Crippen LogP) is 1.49. The molecule has 0 spiro atoms. The van der Waals surface area contributed by atoms with E-state index in [-0.39, 0.29) is 0 Å². The van der Waals surface area contributed by atoms with Crippen LogP contribution in [0.25, 0.3) is 12.2 Å². The van der Waals surface area contributed by atoms with E-state index < -0.39 is 0 Å². The van der Waals surface area contributed by atoms with Crippen LogP contribution in [0.3, 0.4) is 0 Å². The van der Waals surface area contributed by atoms with Crippen LogP contribution < -0.4 is 9.97 Å². The Morgan fingerprint density at radius 2 is 1.21 bits per heavy atom. The van der Waals surface area contributed by atoms with Crippen LogP contribution in [-0.2, 0) is 0 Å². The molecule has 0 saturated heterocycles. The van der Waals surface area contributed by atoms with E-state index in [9.17, 15) is 0 Å². The highest BCUT2D eigenvalue weighted by Gasteiger charge is 1.94. The molecule has 2 nitrogen and oxygen atoms in total. The second-order valence-corrected chi connectivity index (χ2v) is 2.97. The summed E-state index contributed by atoms with van der Waals surface area (Å²) in [6.07, 6.45) is 7.89. The Hall–Kier alpha value is -1.96. The van der Waals surface area contributed by atoms with Crippen LogP contribution in [0.5, 0.6) is 0 Å². The van der Waals surface area contributed by atoms with Gasteiger partial charge in [-0.2, -0.15) is 0 Å². The molecule has 0 bridgehead atoms. The van der Waals surface area contributed by atoms with E-state index in [1.165, 1.54) is 0 Å². The molecule has 0 aromatic carbocycles. The molecule has 2 aromatic rings. The van der Waals surface area contributed by atoms with Crippen molar-refractivity contribution < 1.29 is 9.97 Å². The normalized spacial score (nSPS) is 10.6. The minimum absolute atomic E-state index is 1.09. The number of hydrogen-bond donors (Lipinski definition) is 0. The van der Waals surface area contributed by atoms with Gasteiger partial charge < -0.3 is 0 Å². The Labute approximate surface area is 83.0 Å². The summed E-state index contributed by atoms with van der Waals surface area (Å²) < 4.78 is 0. The van der Waals surface area contributed by atoms with Gasteiger partial charge in [0.25, 0.3) is 0 Å². The molecule has 0 aliphatic rings. The van der Waals surface area contributed by atoms with Crippen LogP contribution in [0.15, 0.2) is 48.8 Å². The van der Waals surface area contributed by atoms with Gasteiger partial charge >= 0.3 is 0 Å². The Kier molecular flexibility index (Phi) is 2.67. The highest BCUT2D eigenvalue weighted by Crippen LogP contribution is 1.97. The Morgan fingerprint density at radius 1 is 0.714 bits per heavy atom. The van der Waals surface area contributed by atoms with Crippen molar-refractivity contribution >= 4 is 12.2 Å². The molecular weight excluding hydrogens is 172 g/mol. The SMILES string of the molecule is C(=C\c1cccc[nH+]1)/c1cccc[nH+]1. The summed E-state index contributed by atoms with van der Waals surface area (Å²) >= 11 is 0. The van der Waals surface area contributed by atoms with E-state index >= 15 is 0 Å². The molecule has 2 N–H and O–H groups in total. The van der Waals surface area contributed by atoms with Crippen LogP contribution in [0.2, 0.25) is 0 Å². The van der Waals surface area contributed by atoms with Crippen molar-refractivity contribution in [3.63, 3.8) is 0 Å². The first-order chi connectivity index (χ1) is 6.95. The van der Waals surface area contributed by atoms with Gasteiger partial charge in [0.15, 0.2) is 12.4 Å². The molecule has 68 valence electrons. The fourth-order valence-electron chi connectivity index (χ4n) is 1.20. The smallest absolute Gasteiger partial charge is 0.203 e. The molecule has 2 heteroatoms. The molecule has 0 saturated carbocycles. The lowest BCUT2D eigenvalue weighted by molar-refractivity contribution is -0.382. The largest absolute Gasteiger partial charge is 0.212 e. The van der Waals surface area contributed by atoms with Crippen LogP contribution in [0.1, 0.15) is 11.4 Å². The van der Waals surface area contributed by atoms with Crippen molar-refractivity contribution in [3.05, 3.63) is 60.2 Å². The lowest BCUT2D eigenvalue weighted by atomic mass is 10.3. The molecule has 0 atom stereocenters. The molecule has 2 rings (SSSR count). The van der Waals surface area contributed by atoms with Crippen molar-refractivity contribution in [2.75, 3.05) is 0 Å². The minimum Gasteiger partial charge on any atom is -0.212 e. The standard InChI is InChI=1S/C12H10N2/c1-3-9-13-11(5-1)7-8-12-6-2-4-10-14-12/h1-10H/p+2/b8-7+.